The van der Waals surface area contributed by atoms with Gasteiger partial charge in [0.15, 0.2) is 0 Å². The van der Waals surface area contributed by atoms with Crippen LogP contribution < -0.4 is 0 Å². The van der Waals surface area contributed by atoms with Crippen molar-refractivity contribution < 1.29 is 13.9 Å². The maximum Gasteiger partial charge on any atom is 0.254 e. The normalized spacial score (nSPS) is 30.4. The maximum atomic E-state index is 13.1. The molecule has 4 nitrogen and oxygen atoms in total. The topological polar surface area (TPSA) is 32.8 Å². The lowest BCUT2D eigenvalue weighted by Crippen LogP contribution is -2.53. The predicted molar refractivity (Wildman–Crippen MR) is 89.3 cm³/mol. The summed E-state index contributed by atoms with van der Waals surface area (Å²) in [6.45, 7) is 3.83. The van der Waals surface area contributed by atoms with E-state index in [0.717, 1.165) is 32.0 Å². The van der Waals surface area contributed by atoms with Gasteiger partial charge in [0.25, 0.3) is 5.91 Å². The second-order valence-corrected chi connectivity index (χ2v) is 7.46. The molecule has 1 aliphatic carbocycles. The van der Waals surface area contributed by atoms with Crippen LogP contribution in [0.5, 0.6) is 0 Å². The summed E-state index contributed by atoms with van der Waals surface area (Å²) >= 11 is 0. The van der Waals surface area contributed by atoms with Crippen LogP contribution in [0.3, 0.4) is 0 Å². The summed E-state index contributed by atoms with van der Waals surface area (Å²) in [5, 5.41) is 0. The van der Waals surface area contributed by atoms with E-state index in [1.54, 1.807) is 19.2 Å². The van der Waals surface area contributed by atoms with Crippen LogP contribution in [0, 0.1) is 17.7 Å². The molecule has 3 aliphatic rings. The lowest BCUT2D eigenvalue weighted by atomic mass is 9.88. The van der Waals surface area contributed by atoms with Gasteiger partial charge in [-0.1, -0.05) is 0 Å². The summed E-state index contributed by atoms with van der Waals surface area (Å²) in [6, 6.07) is 6.11. The minimum absolute atomic E-state index is 0.0211. The monoisotopic (exact) mass is 332 g/mol. The van der Waals surface area contributed by atoms with Crippen LogP contribution in [0.2, 0.25) is 0 Å². The lowest BCUT2D eigenvalue weighted by Gasteiger charge is -2.41. The van der Waals surface area contributed by atoms with Crippen LogP contribution in [0.1, 0.15) is 29.6 Å². The van der Waals surface area contributed by atoms with Crippen molar-refractivity contribution in [2.75, 3.05) is 33.3 Å². The first-order chi connectivity index (χ1) is 11.7. The molecule has 0 aromatic heterocycles. The molecule has 5 heteroatoms. The molecule has 1 aromatic rings. The quantitative estimate of drug-likeness (QED) is 0.849. The number of nitrogens with zero attached hydrogens (tertiary/aromatic N) is 2. The molecule has 1 saturated carbocycles. The van der Waals surface area contributed by atoms with Gasteiger partial charge < -0.3 is 14.5 Å². The molecule has 0 unspecified atom stereocenters. The molecule has 2 saturated heterocycles. The molecule has 2 aliphatic heterocycles. The summed E-state index contributed by atoms with van der Waals surface area (Å²) in [4.78, 5) is 17.4. The Kier molecular flexibility index (Phi) is 4.31. The van der Waals surface area contributed by atoms with Gasteiger partial charge in [-0.25, -0.2) is 4.39 Å². The molecule has 24 heavy (non-hydrogen) atoms. The van der Waals surface area contributed by atoms with E-state index in [1.165, 1.54) is 25.0 Å². The first-order valence-electron chi connectivity index (χ1n) is 8.97. The molecule has 0 bridgehead atoms. The van der Waals surface area contributed by atoms with Crippen molar-refractivity contribution in [3.63, 3.8) is 0 Å². The van der Waals surface area contributed by atoms with Crippen LogP contribution >= 0.6 is 0 Å². The van der Waals surface area contributed by atoms with Gasteiger partial charge >= 0.3 is 0 Å². The minimum Gasteiger partial charge on any atom is -0.381 e. The van der Waals surface area contributed by atoms with Crippen molar-refractivity contribution in [3.8, 4) is 0 Å². The summed E-state index contributed by atoms with van der Waals surface area (Å²) in [7, 11) is 1.78. The van der Waals surface area contributed by atoms with Crippen LogP contribution in [-0.4, -0.2) is 61.1 Å². The second kappa shape index (κ2) is 6.45. The SMILES string of the molecule is CO[C@@H]1CCN(C(=O)c2ccc(F)cc2)[C@H]2CN(CC3CC3)C[C@@H]12. The van der Waals surface area contributed by atoms with Crippen molar-refractivity contribution in [1.82, 2.24) is 9.80 Å². The van der Waals surface area contributed by atoms with Gasteiger partial charge in [0.2, 0.25) is 0 Å². The largest absolute Gasteiger partial charge is 0.381 e. The Morgan fingerprint density at radius 1 is 1.21 bits per heavy atom. The number of benzene rings is 1. The third-order valence-electron chi connectivity index (χ3n) is 5.81. The third kappa shape index (κ3) is 3.07. The van der Waals surface area contributed by atoms with Crippen molar-refractivity contribution in [2.45, 2.75) is 31.4 Å². The molecule has 1 aromatic carbocycles. The molecule has 4 rings (SSSR count). The highest BCUT2D eigenvalue weighted by Crippen LogP contribution is 2.36. The molecule has 3 atom stereocenters. The summed E-state index contributed by atoms with van der Waals surface area (Å²) in [6.07, 6.45) is 3.80. The molecule has 1 amide bonds. The van der Waals surface area contributed by atoms with Crippen LogP contribution in [0.25, 0.3) is 0 Å². The van der Waals surface area contributed by atoms with Crippen molar-refractivity contribution in [3.05, 3.63) is 35.6 Å². The van der Waals surface area contributed by atoms with Gasteiger partial charge in [0.1, 0.15) is 5.82 Å². The van der Waals surface area contributed by atoms with Gasteiger partial charge in [-0.2, -0.15) is 0 Å². The number of halogens is 1. The Morgan fingerprint density at radius 3 is 2.62 bits per heavy atom. The molecule has 0 radical (unpaired) electrons. The Hall–Kier alpha value is -1.46. The zero-order valence-corrected chi connectivity index (χ0v) is 14.2. The number of likely N-dealkylation sites (tertiary alicyclic amines) is 2. The Labute approximate surface area is 142 Å². The number of hydrogen-bond acceptors (Lipinski definition) is 3. The number of rotatable bonds is 4. The molecular weight excluding hydrogens is 307 g/mol. The van der Waals surface area contributed by atoms with Crippen molar-refractivity contribution in [1.29, 1.82) is 0 Å². The van der Waals surface area contributed by atoms with E-state index in [2.05, 4.69) is 4.90 Å². The van der Waals surface area contributed by atoms with E-state index in [9.17, 15) is 9.18 Å². The van der Waals surface area contributed by atoms with Gasteiger partial charge in [-0.15, -0.1) is 0 Å². The van der Waals surface area contributed by atoms with Crippen LogP contribution in [0.4, 0.5) is 4.39 Å². The fraction of sp³-hybridized carbons (Fsp3) is 0.632. The third-order valence-corrected chi connectivity index (χ3v) is 5.81. The van der Waals surface area contributed by atoms with Gasteiger partial charge in [-0.05, 0) is 49.4 Å². The summed E-state index contributed by atoms with van der Waals surface area (Å²) in [5.74, 6) is 0.950. The molecule has 0 N–H and O–H groups in total. The second-order valence-electron chi connectivity index (χ2n) is 7.46. The Bertz CT molecular complexity index is 602. The van der Waals surface area contributed by atoms with Crippen molar-refractivity contribution >= 4 is 5.91 Å². The molecule has 2 heterocycles. The number of fused-ring (bicyclic) bond motifs is 1. The summed E-state index contributed by atoms with van der Waals surface area (Å²) in [5.41, 5.74) is 0.576. The smallest absolute Gasteiger partial charge is 0.254 e. The average molecular weight is 332 g/mol. The zero-order chi connectivity index (χ0) is 16.7. The van der Waals surface area contributed by atoms with E-state index >= 15 is 0 Å². The minimum atomic E-state index is -0.306. The van der Waals surface area contributed by atoms with Crippen LogP contribution in [-0.2, 0) is 4.74 Å². The Balaban J connectivity index is 1.52. The lowest BCUT2D eigenvalue weighted by molar-refractivity contribution is -0.0156. The fourth-order valence-corrected chi connectivity index (χ4v) is 4.35. The number of amides is 1. The van der Waals surface area contributed by atoms with E-state index in [4.69, 9.17) is 4.74 Å². The van der Waals surface area contributed by atoms with Gasteiger partial charge in [-0.3, -0.25) is 4.79 Å². The molecular formula is C19H25FN2O2. The van der Waals surface area contributed by atoms with E-state index in [0.29, 0.717) is 18.0 Å². The zero-order valence-electron chi connectivity index (χ0n) is 14.2. The summed E-state index contributed by atoms with van der Waals surface area (Å²) < 4.78 is 18.8. The highest BCUT2D eigenvalue weighted by atomic mass is 19.1. The first kappa shape index (κ1) is 16.0. The standard InChI is InChI=1S/C19H25FN2O2/c1-24-18-8-9-22(19(23)14-4-6-15(20)7-5-14)17-12-21(11-16(17)18)10-13-2-3-13/h4-7,13,16-18H,2-3,8-12H2,1H3/t16-,17+,18-/m1/s1. The van der Waals surface area contributed by atoms with E-state index in [-0.39, 0.29) is 23.9 Å². The number of hydrogen-bond donors (Lipinski definition) is 0. The highest BCUT2D eigenvalue weighted by Gasteiger charge is 2.46. The van der Waals surface area contributed by atoms with Gasteiger partial charge in [0.05, 0.1) is 12.1 Å². The molecule has 130 valence electrons. The molecule has 3 fully saturated rings. The number of carbonyl (C=O) groups is 1. The Morgan fingerprint density at radius 2 is 1.96 bits per heavy atom. The number of methoxy groups -OCH3 is 1. The first-order valence-corrected chi connectivity index (χ1v) is 8.97. The van der Waals surface area contributed by atoms with E-state index < -0.39 is 0 Å². The fourth-order valence-electron chi connectivity index (χ4n) is 4.35. The van der Waals surface area contributed by atoms with Gasteiger partial charge in [0, 0.05) is 44.8 Å². The number of ether oxygens (including phenoxy) is 1. The molecule has 0 spiro atoms. The van der Waals surface area contributed by atoms with Crippen LogP contribution in [0.15, 0.2) is 24.3 Å². The maximum absolute atomic E-state index is 13.1. The number of piperidine rings is 1. The van der Waals surface area contributed by atoms with Crippen molar-refractivity contribution in [2.24, 2.45) is 11.8 Å². The predicted octanol–water partition coefficient (Wildman–Crippen LogP) is 2.40. The van der Waals surface area contributed by atoms with E-state index in [1.807, 2.05) is 4.90 Å². The average Bonchev–Trinajstić information content (AvgIpc) is 3.30. The highest BCUT2D eigenvalue weighted by molar-refractivity contribution is 5.94. The number of carbonyl (C=O) groups excluding carboxylic acids is 1.